The highest BCUT2D eigenvalue weighted by Crippen LogP contribution is 2.29. The Hall–Kier alpha value is -3.42. The molecule has 0 unspecified atom stereocenters. The van der Waals surface area contributed by atoms with Crippen molar-refractivity contribution in [3.8, 4) is 5.75 Å². The average Bonchev–Trinajstić information content (AvgIpc) is 2.97. The Labute approximate surface area is 238 Å². The van der Waals surface area contributed by atoms with Crippen molar-refractivity contribution in [3.63, 3.8) is 0 Å². The van der Waals surface area contributed by atoms with E-state index in [9.17, 15) is 16.8 Å². The summed E-state index contributed by atoms with van der Waals surface area (Å²) >= 11 is 0. The molecule has 210 valence electrons. The summed E-state index contributed by atoms with van der Waals surface area (Å²) in [5.74, 6) is 0.642. The molecule has 40 heavy (non-hydrogen) atoms. The fraction of sp³-hybridized carbons (Fsp3) is 0.273. The Morgan fingerprint density at radius 2 is 0.950 bits per heavy atom. The molecule has 0 N–H and O–H groups in total. The molecule has 0 atom stereocenters. The Balaban J connectivity index is 1.45. The molecule has 0 fully saturated rings. The second-order valence-corrected chi connectivity index (χ2v) is 14.5. The van der Waals surface area contributed by atoms with Gasteiger partial charge in [-0.2, -0.15) is 0 Å². The van der Waals surface area contributed by atoms with E-state index in [2.05, 4.69) is 20.8 Å². The van der Waals surface area contributed by atoms with Gasteiger partial charge in [0, 0.05) is 0 Å². The minimum atomic E-state index is -3.65. The fourth-order valence-corrected chi connectivity index (χ4v) is 6.83. The normalized spacial score (nSPS) is 12.3. The monoisotopic (exact) mass is 576 g/mol. The van der Waals surface area contributed by atoms with Gasteiger partial charge in [0.15, 0.2) is 0 Å². The second-order valence-electron chi connectivity index (χ2n) is 10.6. The third kappa shape index (κ3) is 6.48. The molecular formula is C33H36O5S2. The predicted molar refractivity (Wildman–Crippen MR) is 159 cm³/mol. The van der Waals surface area contributed by atoms with E-state index in [0.29, 0.717) is 18.8 Å². The van der Waals surface area contributed by atoms with Crippen LogP contribution in [0.5, 0.6) is 5.75 Å². The number of benzene rings is 4. The molecule has 0 radical (unpaired) electrons. The van der Waals surface area contributed by atoms with Gasteiger partial charge in [0.05, 0.1) is 26.2 Å². The summed E-state index contributed by atoms with van der Waals surface area (Å²) in [6.45, 7) is 9.00. The maximum Gasteiger partial charge on any atom is 0.206 e. The lowest BCUT2D eigenvalue weighted by atomic mass is 9.82. The molecule has 0 aliphatic heterocycles. The maximum absolute atomic E-state index is 13.2. The number of sulfone groups is 2. The molecular weight excluding hydrogens is 540 g/mol. The summed E-state index contributed by atoms with van der Waals surface area (Å²) in [6, 6.07) is 27.2. The Bertz CT molecular complexity index is 1640. The molecule has 0 amide bonds. The minimum absolute atomic E-state index is 0.0126. The van der Waals surface area contributed by atoms with Crippen LogP contribution in [-0.4, -0.2) is 23.4 Å². The van der Waals surface area contributed by atoms with Crippen LogP contribution < -0.4 is 4.74 Å². The van der Waals surface area contributed by atoms with Gasteiger partial charge in [0.25, 0.3) is 0 Å². The Kier molecular flexibility index (Phi) is 8.86. The van der Waals surface area contributed by atoms with Gasteiger partial charge in [-0.25, -0.2) is 16.8 Å². The first-order valence-corrected chi connectivity index (χ1v) is 16.5. The van der Waals surface area contributed by atoms with Crippen molar-refractivity contribution in [2.45, 2.75) is 72.0 Å². The Morgan fingerprint density at radius 1 is 0.575 bits per heavy atom. The zero-order valence-electron chi connectivity index (χ0n) is 23.4. The molecule has 0 saturated carbocycles. The molecule has 5 nitrogen and oxygen atoms in total. The first-order valence-electron chi connectivity index (χ1n) is 13.5. The van der Waals surface area contributed by atoms with Crippen molar-refractivity contribution in [3.05, 3.63) is 114 Å². The van der Waals surface area contributed by atoms with Gasteiger partial charge in [0.2, 0.25) is 19.7 Å². The molecule has 0 spiro atoms. The van der Waals surface area contributed by atoms with Gasteiger partial charge in [-0.3, -0.25) is 0 Å². The molecule has 4 rings (SSSR count). The fourth-order valence-electron chi connectivity index (χ4n) is 4.31. The summed E-state index contributed by atoms with van der Waals surface area (Å²) in [7, 11) is -7.28. The van der Waals surface area contributed by atoms with E-state index in [1.54, 1.807) is 84.9 Å². The smallest absolute Gasteiger partial charge is 0.206 e. The molecule has 4 aromatic rings. The molecule has 7 heteroatoms. The molecule has 0 aliphatic rings. The topological polar surface area (TPSA) is 77.5 Å². The first-order chi connectivity index (χ1) is 19.0. The molecule has 0 heterocycles. The zero-order chi connectivity index (χ0) is 29.0. The van der Waals surface area contributed by atoms with Gasteiger partial charge >= 0.3 is 0 Å². The standard InChI is InChI=1S/C33H36O5S2/c1-5-23-38-28-13-21-32(22-14-28)40(36,37)30-17-9-26(10-18-30)24-25-7-15-29(16-8-25)39(34,35)31-19-11-27(12-20-31)33(3,4)6-2/h7-22H,5-6,23-24H2,1-4H3. The molecule has 0 saturated heterocycles. The van der Waals surface area contributed by atoms with E-state index in [1.807, 2.05) is 19.1 Å². The first kappa shape index (κ1) is 29.6. The number of hydrogen-bond donors (Lipinski definition) is 0. The van der Waals surface area contributed by atoms with E-state index in [-0.39, 0.29) is 25.0 Å². The summed E-state index contributed by atoms with van der Waals surface area (Å²) in [4.78, 5) is 0.944. The Morgan fingerprint density at radius 3 is 1.32 bits per heavy atom. The van der Waals surface area contributed by atoms with Crippen LogP contribution >= 0.6 is 0 Å². The van der Waals surface area contributed by atoms with E-state index in [1.165, 1.54) is 0 Å². The van der Waals surface area contributed by atoms with Crippen LogP contribution in [0.2, 0.25) is 0 Å². The van der Waals surface area contributed by atoms with E-state index >= 15 is 0 Å². The predicted octanol–water partition coefficient (Wildman–Crippen LogP) is 7.42. The molecule has 0 bridgehead atoms. The van der Waals surface area contributed by atoms with Crippen LogP contribution in [0.15, 0.2) is 117 Å². The lowest BCUT2D eigenvalue weighted by Crippen LogP contribution is -2.15. The van der Waals surface area contributed by atoms with Crippen molar-refractivity contribution in [1.29, 1.82) is 0 Å². The quantitative estimate of drug-likeness (QED) is 0.186. The van der Waals surface area contributed by atoms with Crippen LogP contribution in [0.1, 0.15) is 57.2 Å². The lowest BCUT2D eigenvalue weighted by molar-refractivity contribution is 0.317. The third-order valence-corrected chi connectivity index (χ3v) is 10.9. The van der Waals surface area contributed by atoms with Gasteiger partial charge in [-0.1, -0.05) is 64.1 Å². The van der Waals surface area contributed by atoms with Crippen LogP contribution in [0.3, 0.4) is 0 Å². The highest BCUT2D eigenvalue weighted by Gasteiger charge is 2.22. The summed E-state index contributed by atoms with van der Waals surface area (Å²) < 4.78 is 58.0. The summed E-state index contributed by atoms with van der Waals surface area (Å²) in [6.07, 6.45) is 2.38. The van der Waals surface area contributed by atoms with Gasteiger partial charge in [-0.05, 0) is 102 Å². The zero-order valence-corrected chi connectivity index (χ0v) is 25.1. The highest BCUT2D eigenvalue weighted by atomic mass is 32.2. The number of ether oxygens (including phenoxy) is 1. The van der Waals surface area contributed by atoms with Crippen molar-refractivity contribution in [2.75, 3.05) is 6.61 Å². The van der Waals surface area contributed by atoms with Crippen LogP contribution in [-0.2, 0) is 31.5 Å². The van der Waals surface area contributed by atoms with Crippen molar-refractivity contribution in [1.82, 2.24) is 0 Å². The van der Waals surface area contributed by atoms with Crippen molar-refractivity contribution < 1.29 is 21.6 Å². The molecule has 4 aromatic carbocycles. The van der Waals surface area contributed by atoms with Gasteiger partial charge in [-0.15, -0.1) is 0 Å². The van der Waals surface area contributed by atoms with Crippen molar-refractivity contribution >= 4 is 19.7 Å². The lowest BCUT2D eigenvalue weighted by Gasteiger charge is -2.23. The molecule has 0 aromatic heterocycles. The number of rotatable bonds is 11. The van der Waals surface area contributed by atoms with Crippen LogP contribution in [0.4, 0.5) is 0 Å². The second kappa shape index (κ2) is 12.0. The van der Waals surface area contributed by atoms with Gasteiger partial charge < -0.3 is 4.74 Å². The SMILES string of the molecule is CCCOc1ccc(S(=O)(=O)c2ccc(Cc3ccc(S(=O)(=O)c4ccc(C(C)(C)CC)cc4)cc3)cc2)cc1. The number of hydrogen-bond acceptors (Lipinski definition) is 5. The van der Waals surface area contributed by atoms with Gasteiger partial charge in [0.1, 0.15) is 5.75 Å². The minimum Gasteiger partial charge on any atom is -0.494 e. The van der Waals surface area contributed by atoms with E-state index in [4.69, 9.17) is 4.74 Å². The van der Waals surface area contributed by atoms with Crippen LogP contribution in [0, 0.1) is 0 Å². The third-order valence-electron chi connectivity index (χ3n) is 7.31. The van der Waals surface area contributed by atoms with Crippen molar-refractivity contribution in [2.24, 2.45) is 0 Å². The van der Waals surface area contributed by atoms with E-state index < -0.39 is 19.7 Å². The molecule has 0 aliphatic carbocycles. The maximum atomic E-state index is 13.2. The highest BCUT2D eigenvalue weighted by molar-refractivity contribution is 7.91. The largest absolute Gasteiger partial charge is 0.494 e. The van der Waals surface area contributed by atoms with Crippen LogP contribution in [0.25, 0.3) is 0 Å². The summed E-state index contributed by atoms with van der Waals surface area (Å²) in [5, 5.41) is 0. The van der Waals surface area contributed by atoms with E-state index in [0.717, 1.165) is 29.5 Å². The summed E-state index contributed by atoms with van der Waals surface area (Å²) in [5.41, 5.74) is 2.95. The average molecular weight is 577 g/mol.